The van der Waals surface area contributed by atoms with Crippen LogP contribution in [0.5, 0.6) is 0 Å². The number of benzene rings is 2. The third-order valence-corrected chi connectivity index (χ3v) is 19.6. The SMILES string of the molecule is CCO[Si](CCCCOC1(Cc2ccccc2C)C=CC(S(=O)(=O)C2C=CC(Cc3ccccc3C)(OCCCC[Si](OCC)(OCC)OCC)C=C2)C=C1)(OCC)OCC. The standard InChI is InChI=1S/C48H74O10SSi2/c1-9-53-60(54-10-2,55-11-3)37-21-19-35-51-47(39-43-25-17-15-23-41(43)7)31-27-45(28-32-47)59(49,50)46-29-33-48(34-30-46,40-44-26-18-16-24-42(44)8)52-36-20-22-38-61(56-12-4,57-13-5)58-14-6/h15-18,23-34,45-46H,9-14,19-22,35-40H2,1-8H3. The summed E-state index contributed by atoms with van der Waals surface area (Å²) in [6, 6.07) is 17.9. The van der Waals surface area contributed by atoms with Crippen molar-refractivity contribution in [3.63, 3.8) is 0 Å². The Kier molecular flexibility index (Phi) is 21.0. The average molecular weight is 899 g/mol. The highest BCUT2D eigenvalue weighted by Crippen LogP contribution is 2.34. The van der Waals surface area contributed by atoms with Crippen molar-refractivity contribution in [1.82, 2.24) is 0 Å². The fourth-order valence-electron chi connectivity index (χ4n) is 8.05. The Bertz CT molecular complexity index is 1660. The number of ether oxygens (including phenoxy) is 2. The summed E-state index contributed by atoms with van der Waals surface area (Å²) in [7, 11) is -9.22. The second-order valence-electron chi connectivity index (χ2n) is 15.6. The molecule has 0 saturated heterocycles. The maximum atomic E-state index is 14.3. The number of hydrogen-bond acceptors (Lipinski definition) is 10. The number of rotatable bonds is 30. The largest absolute Gasteiger partial charge is 0.500 e. The van der Waals surface area contributed by atoms with Crippen molar-refractivity contribution in [3.8, 4) is 0 Å². The molecule has 2 aromatic carbocycles. The first-order valence-corrected chi connectivity index (χ1v) is 28.1. The minimum atomic E-state index is -3.70. The lowest BCUT2D eigenvalue weighted by Crippen LogP contribution is -2.46. The summed E-state index contributed by atoms with van der Waals surface area (Å²) in [6.45, 7) is 20.2. The number of aryl methyl sites for hydroxylation is 2. The molecule has 2 aliphatic carbocycles. The molecule has 0 radical (unpaired) electrons. The molecule has 0 heterocycles. The summed E-state index contributed by atoms with van der Waals surface area (Å²) >= 11 is 0. The van der Waals surface area contributed by atoms with E-state index in [-0.39, 0.29) is 0 Å². The van der Waals surface area contributed by atoms with Crippen LogP contribution in [-0.2, 0) is 58.7 Å². The molecule has 2 aromatic rings. The van der Waals surface area contributed by atoms with E-state index in [1.807, 2.05) is 90.1 Å². The first kappa shape index (κ1) is 51.1. The van der Waals surface area contributed by atoms with Gasteiger partial charge in [-0.3, -0.25) is 0 Å². The molecule has 0 atom stereocenters. The van der Waals surface area contributed by atoms with Gasteiger partial charge in [0.1, 0.15) is 11.2 Å². The lowest BCUT2D eigenvalue weighted by atomic mass is 9.88. The third-order valence-electron chi connectivity index (χ3n) is 11.2. The van der Waals surface area contributed by atoms with Crippen LogP contribution in [0, 0.1) is 13.8 Å². The predicted molar refractivity (Wildman–Crippen MR) is 250 cm³/mol. The Balaban J connectivity index is 1.47. The van der Waals surface area contributed by atoms with Gasteiger partial charge in [-0.2, -0.15) is 0 Å². The van der Waals surface area contributed by atoms with Gasteiger partial charge in [0.2, 0.25) is 0 Å². The molecule has 61 heavy (non-hydrogen) atoms. The van der Waals surface area contributed by atoms with Crippen molar-refractivity contribution in [3.05, 3.63) is 119 Å². The smallest absolute Gasteiger partial charge is 0.374 e. The Morgan fingerprint density at radius 1 is 0.492 bits per heavy atom. The fraction of sp³-hybridized carbons (Fsp3) is 0.583. The molecule has 0 unspecified atom stereocenters. The van der Waals surface area contributed by atoms with Crippen LogP contribution in [0.2, 0.25) is 12.1 Å². The molecule has 0 N–H and O–H groups in total. The average Bonchev–Trinajstić information content (AvgIpc) is 3.23. The minimum absolute atomic E-state index is 0.484. The molecule has 0 bridgehead atoms. The summed E-state index contributed by atoms with van der Waals surface area (Å²) in [5.74, 6) is 0. The lowest BCUT2D eigenvalue weighted by molar-refractivity contribution is 0.0234. The first-order chi connectivity index (χ1) is 29.4. The van der Waals surface area contributed by atoms with E-state index in [1.165, 1.54) is 0 Å². The van der Waals surface area contributed by atoms with Gasteiger partial charge in [-0.25, -0.2) is 8.42 Å². The van der Waals surface area contributed by atoms with E-state index in [4.69, 9.17) is 36.0 Å². The molecular weight excluding hydrogens is 825 g/mol. The second-order valence-corrected chi connectivity index (χ2v) is 23.4. The second kappa shape index (κ2) is 25.1. The summed E-state index contributed by atoms with van der Waals surface area (Å²) < 4.78 is 78.4. The monoisotopic (exact) mass is 898 g/mol. The van der Waals surface area contributed by atoms with E-state index in [0.29, 0.717) is 77.8 Å². The van der Waals surface area contributed by atoms with E-state index >= 15 is 0 Å². The van der Waals surface area contributed by atoms with Crippen LogP contribution in [-0.4, -0.2) is 101 Å². The molecule has 4 rings (SSSR count). The Morgan fingerprint density at radius 3 is 1.10 bits per heavy atom. The zero-order valence-corrected chi connectivity index (χ0v) is 41.0. The van der Waals surface area contributed by atoms with Gasteiger partial charge in [0, 0.05) is 77.8 Å². The summed E-state index contributed by atoms with van der Waals surface area (Å²) in [4.78, 5) is 0. The highest BCUT2D eigenvalue weighted by Gasteiger charge is 2.42. The van der Waals surface area contributed by atoms with E-state index < -0.39 is 49.1 Å². The Labute approximate surface area is 370 Å². The summed E-state index contributed by atoms with van der Waals surface area (Å²) in [5.41, 5.74) is 3.03. The normalized spacial score (nSPS) is 21.7. The van der Waals surface area contributed by atoms with Gasteiger partial charge < -0.3 is 36.0 Å². The summed E-state index contributed by atoms with van der Waals surface area (Å²) in [5, 5.41) is -1.63. The first-order valence-electron chi connectivity index (χ1n) is 22.6. The molecule has 0 aromatic heterocycles. The maximum absolute atomic E-state index is 14.3. The molecule has 0 aliphatic heterocycles. The van der Waals surface area contributed by atoms with E-state index in [1.54, 1.807) is 24.3 Å². The highest BCUT2D eigenvalue weighted by molar-refractivity contribution is 7.93. The number of sulfone groups is 1. The minimum Gasteiger partial charge on any atom is -0.374 e. The molecule has 340 valence electrons. The van der Waals surface area contributed by atoms with Crippen LogP contribution in [0.25, 0.3) is 0 Å². The molecule has 0 amide bonds. The molecule has 2 aliphatic rings. The topological polar surface area (TPSA) is 108 Å². The third kappa shape index (κ3) is 14.8. The molecule has 13 heteroatoms. The van der Waals surface area contributed by atoms with Crippen LogP contribution >= 0.6 is 0 Å². The zero-order chi connectivity index (χ0) is 44.2. The zero-order valence-electron chi connectivity index (χ0n) is 38.2. The fourth-order valence-corrected chi connectivity index (χ4v) is 15.0. The number of unbranched alkanes of at least 4 members (excludes halogenated alkanes) is 2. The Morgan fingerprint density at radius 2 is 0.803 bits per heavy atom. The van der Waals surface area contributed by atoms with E-state index in [9.17, 15) is 8.42 Å². The van der Waals surface area contributed by atoms with Gasteiger partial charge >= 0.3 is 17.6 Å². The quantitative estimate of drug-likeness (QED) is 0.0428. The van der Waals surface area contributed by atoms with Crippen LogP contribution in [0.15, 0.2) is 97.1 Å². The highest BCUT2D eigenvalue weighted by atomic mass is 32.2. The molecule has 0 spiro atoms. The van der Waals surface area contributed by atoms with Gasteiger partial charge in [0.05, 0.1) is 10.5 Å². The number of hydrogen-bond donors (Lipinski definition) is 0. The van der Waals surface area contributed by atoms with Gasteiger partial charge in [-0.15, -0.1) is 0 Å². The van der Waals surface area contributed by atoms with E-state index in [0.717, 1.165) is 47.9 Å². The molecular formula is C48H74O10SSi2. The Hall–Kier alpha value is -2.54. The molecule has 0 saturated carbocycles. The van der Waals surface area contributed by atoms with Crippen molar-refractivity contribution in [1.29, 1.82) is 0 Å². The van der Waals surface area contributed by atoms with E-state index in [2.05, 4.69) is 38.1 Å². The van der Waals surface area contributed by atoms with Gasteiger partial charge in [-0.05, 0) is 103 Å². The van der Waals surface area contributed by atoms with Gasteiger partial charge in [0.25, 0.3) is 0 Å². The predicted octanol–water partition coefficient (Wildman–Crippen LogP) is 9.66. The van der Waals surface area contributed by atoms with Gasteiger partial charge in [0.15, 0.2) is 9.84 Å². The van der Waals surface area contributed by atoms with Crippen molar-refractivity contribution < 1.29 is 44.4 Å². The van der Waals surface area contributed by atoms with Crippen molar-refractivity contribution in [2.45, 2.75) is 128 Å². The van der Waals surface area contributed by atoms with Crippen LogP contribution in [0.3, 0.4) is 0 Å². The van der Waals surface area contributed by atoms with Gasteiger partial charge in [-0.1, -0.05) is 97.1 Å². The summed E-state index contributed by atoms with van der Waals surface area (Å²) in [6.07, 6.45) is 19.4. The maximum Gasteiger partial charge on any atom is 0.500 e. The van der Waals surface area contributed by atoms with Crippen LogP contribution in [0.4, 0.5) is 0 Å². The molecule has 10 nitrogen and oxygen atoms in total. The van der Waals surface area contributed by atoms with Crippen LogP contribution < -0.4 is 0 Å². The van der Waals surface area contributed by atoms with Crippen molar-refractivity contribution >= 4 is 27.4 Å². The van der Waals surface area contributed by atoms with Crippen LogP contribution in [0.1, 0.15) is 89.5 Å². The van der Waals surface area contributed by atoms with Crippen molar-refractivity contribution in [2.24, 2.45) is 0 Å². The lowest BCUT2D eigenvalue weighted by Gasteiger charge is -2.34. The molecule has 0 fully saturated rings. The van der Waals surface area contributed by atoms with Crippen molar-refractivity contribution in [2.75, 3.05) is 52.9 Å².